The Bertz CT molecular complexity index is 3060. The summed E-state index contributed by atoms with van der Waals surface area (Å²) in [6.07, 6.45) is -10.1. The molecular weight excluding hydrogens is 1040 g/mol. The number of benzene rings is 9. The zero-order valence-corrected chi connectivity index (χ0v) is 44.6. The van der Waals surface area contributed by atoms with Crippen molar-refractivity contribution in [1.82, 2.24) is 0 Å². The van der Waals surface area contributed by atoms with Crippen molar-refractivity contribution in [3.05, 3.63) is 282 Å². The van der Waals surface area contributed by atoms with Crippen LogP contribution in [0.2, 0.25) is 0 Å². The maximum atomic E-state index is 15.8. The van der Waals surface area contributed by atoms with Crippen LogP contribution in [0.15, 0.2) is 249 Å². The predicted octanol–water partition coefficient (Wildman–Crippen LogP) is 13.9. The first-order valence-corrected chi connectivity index (χ1v) is 30.1. The average Bonchev–Trinajstić information content (AvgIpc) is 2.67. The van der Waals surface area contributed by atoms with Crippen LogP contribution in [0.25, 0.3) is 0 Å². The molecule has 0 N–H and O–H groups in total. The first kappa shape index (κ1) is 55.3. The van der Waals surface area contributed by atoms with Crippen molar-refractivity contribution in [3.63, 3.8) is 0 Å². The Morgan fingerprint density at radius 3 is 0.872 bits per heavy atom. The van der Waals surface area contributed by atoms with Crippen LogP contribution in [0.4, 0.5) is 26.3 Å². The summed E-state index contributed by atoms with van der Waals surface area (Å²) in [4.78, 5) is 31.6. The fourth-order valence-electron chi connectivity index (χ4n) is 10.5. The van der Waals surface area contributed by atoms with Gasteiger partial charge in [0.2, 0.25) is 0 Å². The van der Waals surface area contributed by atoms with E-state index in [-0.39, 0.29) is 6.07 Å². The van der Waals surface area contributed by atoms with Gasteiger partial charge in [-0.05, 0) is 0 Å². The third-order valence-corrected chi connectivity index (χ3v) is 25.9. The minimum atomic E-state index is -5.29. The molecule has 0 saturated heterocycles. The summed E-state index contributed by atoms with van der Waals surface area (Å²) in [5.41, 5.74) is -0.727. The molecule has 78 heavy (non-hydrogen) atoms. The Morgan fingerprint density at radius 2 is 0.641 bits per heavy atom. The van der Waals surface area contributed by atoms with Gasteiger partial charge < -0.3 is 0 Å². The van der Waals surface area contributed by atoms with Gasteiger partial charge in [-0.25, -0.2) is 0 Å². The summed E-state index contributed by atoms with van der Waals surface area (Å²) in [6, 6.07) is 68.8. The van der Waals surface area contributed by atoms with E-state index < -0.39 is 74.1 Å². The van der Waals surface area contributed by atoms with Gasteiger partial charge in [0.05, 0.1) is 0 Å². The van der Waals surface area contributed by atoms with Crippen LogP contribution in [0.1, 0.15) is 56.8 Å². The van der Waals surface area contributed by atoms with Crippen molar-refractivity contribution in [1.29, 1.82) is 0 Å². The SMILES string of the molecule is CCc1ccc(C(=O)CP(OB(Oc2cc(C(F)(F)F)cc(C(F)(F)F)c2)OP(CC(=O)c2ccc(CC)cc2)(c2ccccc2)(c2ccccc2)c2ccccc2)(c2ccccc2)(c2ccccc2)c2ccccc2)cc1. The molecule has 5 nitrogen and oxygen atoms in total. The summed E-state index contributed by atoms with van der Waals surface area (Å²) >= 11 is 0. The number of halogens is 6. The number of Topliss-reactive ketones (excluding diaryl/α,β-unsaturated/α-hetero) is 2. The minimum absolute atomic E-state index is 0.0182. The molecule has 9 aromatic rings. The van der Waals surface area contributed by atoms with E-state index in [0.29, 0.717) is 67.9 Å². The van der Waals surface area contributed by atoms with E-state index in [1.54, 1.807) is 206 Å². The van der Waals surface area contributed by atoms with Gasteiger partial charge in [-0.1, -0.05) is 0 Å². The molecule has 0 heterocycles. The Morgan fingerprint density at radius 1 is 0.385 bits per heavy atom. The fraction of sp³-hybridized carbons (Fsp3) is 0.125. The summed E-state index contributed by atoms with van der Waals surface area (Å²) in [5.74, 6) is -1.72. The fourth-order valence-corrected chi connectivity index (χ4v) is 21.5. The van der Waals surface area contributed by atoms with Crippen LogP contribution in [0.3, 0.4) is 0 Å². The van der Waals surface area contributed by atoms with Gasteiger partial charge in [0, 0.05) is 0 Å². The number of hydrogen-bond donors (Lipinski definition) is 0. The van der Waals surface area contributed by atoms with Gasteiger partial charge in [0.15, 0.2) is 0 Å². The van der Waals surface area contributed by atoms with Gasteiger partial charge >= 0.3 is 453 Å². The molecule has 0 aliphatic heterocycles. The number of carbonyl (C=O) groups is 2. The molecular formula is C64H55BF6O5P2. The van der Waals surface area contributed by atoms with Crippen molar-refractivity contribution < 1.29 is 49.5 Å². The second-order valence-electron chi connectivity index (χ2n) is 19.1. The Labute approximate surface area is 451 Å². The first-order chi connectivity index (χ1) is 37.5. The van der Waals surface area contributed by atoms with Gasteiger partial charge in [-0.2, -0.15) is 0 Å². The van der Waals surface area contributed by atoms with Crippen LogP contribution in [-0.4, -0.2) is 31.2 Å². The summed E-state index contributed by atoms with van der Waals surface area (Å²) in [6.45, 7) is -6.58. The van der Waals surface area contributed by atoms with Gasteiger partial charge in [-0.15, -0.1) is 0 Å². The van der Waals surface area contributed by atoms with E-state index in [2.05, 4.69) is 0 Å². The number of alkyl halides is 6. The summed E-state index contributed by atoms with van der Waals surface area (Å²) in [5, 5.41) is 2.68. The molecule has 0 aliphatic rings. The van der Waals surface area contributed by atoms with Crippen molar-refractivity contribution in [2.45, 2.75) is 39.0 Å². The topological polar surface area (TPSA) is 61.8 Å². The monoisotopic (exact) mass is 1090 g/mol. The van der Waals surface area contributed by atoms with Gasteiger partial charge in [-0.3, -0.25) is 0 Å². The van der Waals surface area contributed by atoms with Crippen LogP contribution in [0.5, 0.6) is 5.75 Å². The van der Waals surface area contributed by atoms with E-state index >= 15 is 35.9 Å². The molecule has 0 unspecified atom stereocenters. The third-order valence-electron chi connectivity index (χ3n) is 14.5. The molecule has 0 bridgehead atoms. The molecule has 0 aromatic heterocycles. The quantitative estimate of drug-likeness (QED) is 0.0329. The number of carbonyl (C=O) groups excluding carboxylic acids is 2. The summed E-state index contributed by atoms with van der Waals surface area (Å²) < 4.78 is 113. The standard InChI is InChI=1S/C64H55BF6O5P2/c1-3-48-35-39-50(40-36-48)61(72)46-77(55-23-11-5-12-24-55,56-25-13-6-14-26-56,57-27-15-7-16-28-57)75-65(74-54-44-52(63(66,67)68)43-53(45-54)64(69,70)71)76-78(58-29-17-8-18-30-58,59-31-19-9-20-32-59,60-33-21-10-22-34-60)47-62(73)51-41-37-49(4-2)38-42-51/h5-45H,3-4,46-47H2,1-2H3. The van der Waals surface area contributed by atoms with Crippen molar-refractivity contribution in [2.75, 3.05) is 12.3 Å². The molecule has 0 spiro atoms. The Kier molecular flexibility index (Phi) is 15.9. The Hall–Kier alpha value is -7.46. The molecule has 14 heteroatoms. The number of hydrogen-bond acceptors (Lipinski definition) is 5. The van der Waals surface area contributed by atoms with Crippen LogP contribution >= 0.6 is 13.7 Å². The number of aryl methyl sites for hydroxylation is 2. The summed E-state index contributed by atoms with van der Waals surface area (Å²) in [7, 11) is -2.36. The third kappa shape index (κ3) is 10.5. The molecule has 9 rings (SSSR count). The van der Waals surface area contributed by atoms with Crippen LogP contribution in [0, 0.1) is 0 Å². The van der Waals surface area contributed by atoms with E-state index in [1.165, 1.54) is 0 Å². The zero-order chi connectivity index (χ0) is 55.1. The van der Waals surface area contributed by atoms with Crippen molar-refractivity contribution in [3.8, 4) is 5.75 Å². The van der Waals surface area contributed by atoms with Crippen LogP contribution < -0.4 is 36.5 Å². The van der Waals surface area contributed by atoms with E-state index in [4.69, 9.17) is 13.5 Å². The van der Waals surface area contributed by atoms with Crippen LogP contribution in [-0.2, 0) is 34.1 Å². The molecule has 0 saturated carbocycles. The van der Waals surface area contributed by atoms with Gasteiger partial charge in [0.1, 0.15) is 0 Å². The second kappa shape index (κ2) is 22.5. The maximum absolute atomic E-state index is 15.8. The van der Waals surface area contributed by atoms with E-state index in [1.807, 2.05) is 38.1 Å². The predicted molar refractivity (Wildman–Crippen MR) is 305 cm³/mol. The zero-order valence-electron chi connectivity index (χ0n) is 42.8. The molecule has 9 aromatic carbocycles. The second-order valence-corrected chi connectivity index (χ2v) is 28.1. The first-order valence-electron chi connectivity index (χ1n) is 25.5. The van der Waals surface area contributed by atoms with E-state index in [9.17, 15) is 0 Å². The molecule has 0 atom stereocenters. The van der Waals surface area contributed by atoms with Crippen molar-refractivity contribution in [2.24, 2.45) is 0 Å². The molecule has 0 amide bonds. The Balaban J connectivity index is 1.46. The van der Waals surface area contributed by atoms with Crippen molar-refractivity contribution >= 4 is 64.4 Å². The number of rotatable bonds is 20. The normalized spacial score (nSPS) is 13.1. The van der Waals surface area contributed by atoms with Gasteiger partial charge in [0.25, 0.3) is 0 Å². The number of ketones is 2. The molecule has 0 fully saturated rings. The molecule has 0 aliphatic carbocycles. The average molecular weight is 1090 g/mol. The van der Waals surface area contributed by atoms with E-state index in [0.717, 1.165) is 11.1 Å². The molecule has 396 valence electrons. The molecule has 0 radical (unpaired) electrons.